The number of amides is 2. The summed E-state index contributed by atoms with van der Waals surface area (Å²) in [6.45, 7) is 0.382. The third-order valence-corrected chi connectivity index (χ3v) is 3.60. The Kier molecular flexibility index (Phi) is 4.57. The van der Waals surface area contributed by atoms with Gasteiger partial charge in [0.1, 0.15) is 0 Å². The quantitative estimate of drug-likeness (QED) is 0.691. The fraction of sp³-hybridized carbons (Fsp3) is 0.400. The Bertz CT molecular complexity index is 538. The van der Waals surface area contributed by atoms with Crippen LogP contribution in [0.15, 0.2) is 30.3 Å². The van der Waals surface area contributed by atoms with E-state index in [4.69, 9.17) is 5.11 Å². The van der Waals surface area contributed by atoms with E-state index >= 15 is 0 Å². The molecule has 6 nitrogen and oxygen atoms in total. The Hall–Kier alpha value is -2.37. The van der Waals surface area contributed by atoms with Gasteiger partial charge in [-0.3, -0.25) is 14.4 Å². The molecule has 0 saturated heterocycles. The minimum atomic E-state index is -0.861. The third-order valence-electron chi connectivity index (χ3n) is 3.60. The predicted octanol–water partition coefficient (Wildman–Crippen LogP) is 0.787. The van der Waals surface area contributed by atoms with Crippen molar-refractivity contribution in [3.05, 3.63) is 35.9 Å². The number of carbonyl (C=O) groups is 3. The van der Waals surface area contributed by atoms with Gasteiger partial charge in [-0.15, -0.1) is 0 Å². The molecule has 21 heavy (non-hydrogen) atoms. The molecule has 0 aliphatic heterocycles. The normalized spacial score (nSPS) is 15.0. The van der Waals surface area contributed by atoms with Gasteiger partial charge in [-0.05, 0) is 25.0 Å². The van der Waals surface area contributed by atoms with Gasteiger partial charge < -0.3 is 15.7 Å². The minimum Gasteiger partial charge on any atom is -0.481 e. The van der Waals surface area contributed by atoms with Gasteiger partial charge in [0.15, 0.2) is 0 Å². The summed E-state index contributed by atoms with van der Waals surface area (Å²) >= 11 is 0. The number of carboxylic acid groups (broad SMARTS) is 1. The Balaban J connectivity index is 1.66. The predicted molar refractivity (Wildman–Crippen MR) is 75.7 cm³/mol. The van der Waals surface area contributed by atoms with Crippen molar-refractivity contribution in [3.8, 4) is 0 Å². The van der Waals surface area contributed by atoms with Gasteiger partial charge in [0.25, 0.3) is 5.91 Å². The monoisotopic (exact) mass is 290 g/mol. The highest BCUT2D eigenvalue weighted by atomic mass is 16.4. The van der Waals surface area contributed by atoms with E-state index in [-0.39, 0.29) is 31.3 Å². The molecule has 1 aliphatic carbocycles. The summed E-state index contributed by atoms with van der Waals surface area (Å²) in [4.78, 5) is 34.3. The van der Waals surface area contributed by atoms with Crippen LogP contribution in [0.25, 0.3) is 0 Å². The molecule has 2 amide bonds. The maximum absolute atomic E-state index is 11.7. The molecule has 0 aromatic heterocycles. The summed E-state index contributed by atoms with van der Waals surface area (Å²) in [6.07, 6.45) is 1.34. The van der Waals surface area contributed by atoms with E-state index in [2.05, 4.69) is 10.6 Å². The van der Waals surface area contributed by atoms with E-state index < -0.39 is 11.4 Å². The summed E-state index contributed by atoms with van der Waals surface area (Å²) < 4.78 is 0. The lowest BCUT2D eigenvalue weighted by molar-refractivity contribution is -0.143. The van der Waals surface area contributed by atoms with E-state index in [0.717, 1.165) is 0 Å². The topological polar surface area (TPSA) is 95.5 Å². The second-order valence-corrected chi connectivity index (χ2v) is 5.23. The van der Waals surface area contributed by atoms with Crippen molar-refractivity contribution in [1.82, 2.24) is 10.6 Å². The van der Waals surface area contributed by atoms with Gasteiger partial charge in [-0.2, -0.15) is 0 Å². The summed E-state index contributed by atoms with van der Waals surface area (Å²) in [6, 6.07) is 8.74. The molecule has 0 heterocycles. The molecule has 112 valence electrons. The maximum Gasteiger partial charge on any atom is 0.311 e. The molecule has 0 bridgehead atoms. The number of hydrogen-bond acceptors (Lipinski definition) is 3. The van der Waals surface area contributed by atoms with Crippen molar-refractivity contribution >= 4 is 17.8 Å². The Morgan fingerprint density at radius 1 is 1.10 bits per heavy atom. The highest BCUT2D eigenvalue weighted by Crippen LogP contribution is 2.45. The Morgan fingerprint density at radius 3 is 2.33 bits per heavy atom. The Labute approximate surface area is 122 Å². The zero-order chi connectivity index (χ0) is 15.3. The average molecular weight is 290 g/mol. The van der Waals surface area contributed by atoms with E-state index in [1.807, 2.05) is 6.07 Å². The smallest absolute Gasteiger partial charge is 0.311 e. The second kappa shape index (κ2) is 6.39. The first-order chi connectivity index (χ1) is 10.0. The zero-order valence-electron chi connectivity index (χ0n) is 11.6. The van der Waals surface area contributed by atoms with Crippen LogP contribution in [-0.2, 0) is 9.59 Å². The first-order valence-electron chi connectivity index (χ1n) is 6.87. The molecule has 1 saturated carbocycles. The number of aliphatic carboxylic acids is 1. The SMILES string of the molecule is O=C(CCNC(=O)c1ccccc1)NCC1(C(=O)O)CC1. The fourth-order valence-corrected chi connectivity index (χ4v) is 1.95. The third kappa shape index (κ3) is 4.05. The largest absolute Gasteiger partial charge is 0.481 e. The lowest BCUT2D eigenvalue weighted by Gasteiger charge is -2.11. The van der Waals surface area contributed by atoms with Gasteiger partial charge in [-0.1, -0.05) is 18.2 Å². The lowest BCUT2D eigenvalue weighted by atomic mass is 10.1. The highest BCUT2D eigenvalue weighted by molar-refractivity contribution is 5.94. The van der Waals surface area contributed by atoms with Crippen LogP contribution in [0.1, 0.15) is 29.6 Å². The minimum absolute atomic E-state index is 0.133. The van der Waals surface area contributed by atoms with E-state index in [1.54, 1.807) is 24.3 Å². The van der Waals surface area contributed by atoms with E-state index in [9.17, 15) is 14.4 Å². The first-order valence-corrected chi connectivity index (χ1v) is 6.87. The van der Waals surface area contributed by atoms with Crippen LogP contribution in [-0.4, -0.2) is 36.0 Å². The van der Waals surface area contributed by atoms with Crippen LogP contribution in [0, 0.1) is 5.41 Å². The lowest BCUT2D eigenvalue weighted by Crippen LogP contribution is -2.36. The molecule has 0 spiro atoms. The van der Waals surface area contributed by atoms with E-state index in [1.165, 1.54) is 0 Å². The summed E-state index contributed by atoms with van der Waals surface area (Å²) in [5, 5.41) is 14.2. The molecule has 0 atom stereocenters. The van der Waals surface area contributed by atoms with Crippen LogP contribution in [0.5, 0.6) is 0 Å². The van der Waals surface area contributed by atoms with Crippen LogP contribution >= 0.6 is 0 Å². The van der Waals surface area contributed by atoms with E-state index in [0.29, 0.717) is 18.4 Å². The Morgan fingerprint density at radius 2 is 1.76 bits per heavy atom. The molecule has 2 rings (SSSR count). The molecule has 1 aromatic carbocycles. The molecule has 3 N–H and O–H groups in total. The van der Waals surface area contributed by atoms with Gasteiger partial charge in [-0.25, -0.2) is 0 Å². The van der Waals surface area contributed by atoms with Crippen molar-refractivity contribution in [2.75, 3.05) is 13.1 Å². The van der Waals surface area contributed by atoms with Crippen molar-refractivity contribution in [2.45, 2.75) is 19.3 Å². The molecule has 6 heteroatoms. The molecule has 1 aliphatic rings. The summed E-state index contributed by atoms with van der Waals surface area (Å²) in [5.74, 6) is -1.34. The van der Waals surface area contributed by atoms with Crippen LogP contribution in [0.2, 0.25) is 0 Å². The highest BCUT2D eigenvalue weighted by Gasteiger charge is 2.50. The number of carbonyl (C=O) groups excluding carboxylic acids is 2. The number of nitrogens with one attached hydrogen (secondary N) is 2. The van der Waals surface area contributed by atoms with Crippen molar-refractivity contribution in [2.24, 2.45) is 5.41 Å². The van der Waals surface area contributed by atoms with Crippen LogP contribution in [0.4, 0.5) is 0 Å². The first kappa shape index (κ1) is 15.0. The molecule has 0 unspecified atom stereocenters. The van der Waals surface area contributed by atoms with Crippen molar-refractivity contribution in [3.63, 3.8) is 0 Å². The molecular formula is C15H18N2O4. The molecular weight excluding hydrogens is 272 g/mol. The maximum atomic E-state index is 11.7. The van der Waals surface area contributed by atoms with Gasteiger partial charge in [0.2, 0.25) is 5.91 Å². The number of carboxylic acids is 1. The standard InChI is InChI=1S/C15H18N2O4/c18-12(17-10-15(7-8-15)14(20)21)6-9-16-13(19)11-4-2-1-3-5-11/h1-5H,6-10H2,(H,16,19)(H,17,18)(H,20,21). The van der Waals surface area contributed by atoms with Gasteiger partial charge in [0.05, 0.1) is 5.41 Å². The number of hydrogen-bond donors (Lipinski definition) is 3. The number of benzene rings is 1. The molecule has 1 aromatic rings. The average Bonchev–Trinajstić information content (AvgIpc) is 3.27. The van der Waals surface area contributed by atoms with Crippen molar-refractivity contribution in [1.29, 1.82) is 0 Å². The van der Waals surface area contributed by atoms with Crippen molar-refractivity contribution < 1.29 is 19.5 Å². The molecule has 1 fully saturated rings. The summed E-state index contributed by atoms with van der Waals surface area (Å²) in [5.41, 5.74) is -0.219. The van der Waals surface area contributed by atoms with Gasteiger partial charge >= 0.3 is 5.97 Å². The van der Waals surface area contributed by atoms with Gasteiger partial charge in [0, 0.05) is 25.1 Å². The fourth-order valence-electron chi connectivity index (χ4n) is 1.95. The molecule has 0 radical (unpaired) electrons. The van der Waals surface area contributed by atoms with Crippen LogP contribution in [0.3, 0.4) is 0 Å². The number of rotatable bonds is 7. The van der Waals surface area contributed by atoms with Crippen LogP contribution < -0.4 is 10.6 Å². The second-order valence-electron chi connectivity index (χ2n) is 5.23. The summed E-state index contributed by atoms with van der Waals surface area (Å²) in [7, 11) is 0. The zero-order valence-corrected chi connectivity index (χ0v) is 11.6.